The van der Waals surface area contributed by atoms with Gasteiger partial charge in [0.15, 0.2) is 5.75 Å². The maximum absolute atomic E-state index is 11.8. The van der Waals surface area contributed by atoms with Crippen molar-refractivity contribution in [2.75, 3.05) is 0 Å². The zero-order valence-electron chi connectivity index (χ0n) is 6.28. The Bertz CT molecular complexity index is 403. The van der Waals surface area contributed by atoms with E-state index in [4.69, 9.17) is 11.6 Å². The predicted octanol–water partition coefficient (Wildman–Crippen LogP) is 2.69. The van der Waals surface area contributed by atoms with E-state index in [1.54, 1.807) is 0 Å². The molecule has 14 heavy (non-hydrogen) atoms. The third kappa shape index (κ3) is 2.91. The third-order valence-corrected chi connectivity index (χ3v) is 2.43. The Labute approximate surface area is 89.0 Å². The van der Waals surface area contributed by atoms with E-state index in [0.29, 0.717) is 6.07 Å². The minimum absolute atomic E-state index is 0.156. The molecule has 78 valence electrons. The number of hydrogen-bond donors (Lipinski definition) is 1. The average Bonchev–Trinajstić information content (AvgIpc) is 1.96. The first-order valence-corrected chi connectivity index (χ1v) is 4.31. The Balaban J connectivity index is 3.15. The lowest BCUT2D eigenvalue weighted by Gasteiger charge is -2.10. The molecule has 1 heterocycles. The SMILES string of the molecule is O=c1cc(OC(F)(F)F)c(Br)c(Cl)[nH]1. The number of H-pyrrole nitrogens is 1. The lowest BCUT2D eigenvalue weighted by atomic mass is 10.4. The molecule has 1 rings (SSSR count). The molecule has 0 aliphatic heterocycles. The summed E-state index contributed by atoms with van der Waals surface area (Å²) in [4.78, 5) is 12.8. The van der Waals surface area contributed by atoms with Crippen LogP contribution in [-0.2, 0) is 0 Å². The van der Waals surface area contributed by atoms with Gasteiger partial charge in [-0.05, 0) is 15.9 Å². The van der Waals surface area contributed by atoms with Crippen LogP contribution in [0.5, 0.6) is 5.75 Å². The standard InChI is InChI=1S/C6H2BrClF3NO2/c7-4-2(14-6(9,10)11)1-3(13)12-5(4)8/h1H,(H,12,13). The summed E-state index contributed by atoms with van der Waals surface area (Å²) in [5, 5.41) is -0.253. The Hall–Kier alpha value is -0.690. The lowest BCUT2D eigenvalue weighted by Crippen LogP contribution is -2.19. The topological polar surface area (TPSA) is 42.1 Å². The van der Waals surface area contributed by atoms with Crippen molar-refractivity contribution >= 4 is 27.5 Å². The molecule has 0 aromatic carbocycles. The number of hydrogen-bond acceptors (Lipinski definition) is 2. The minimum atomic E-state index is -4.86. The molecule has 1 N–H and O–H groups in total. The monoisotopic (exact) mass is 291 g/mol. The highest BCUT2D eigenvalue weighted by Crippen LogP contribution is 2.32. The molecular formula is C6H2BrClF3NO2. The molecule has 0 saturated heterocycles. The maximum Gasteiger partial charge on any atom is 0.573 e. The fraction of sp³-hybridized carbons (Fsp3) is 0.167. The van der Waals surface area contributed by atoms with Crippen LogP contribution in [0, 0.1) is 0 Å². The molecule has 0 spiro atoms. The quantitative estimate of drug-likeness (QED) is 0.809. The van der Waals surface area contributed by atoms with Crippen molar-refractivity contribution in [3.8, 4) is 5.75 Å². The Morgan fingerprint density at radius 1 is 1.50 bits per heavy atom. The molecule has 0 fully saturated rings. The Kier molecular flexibility index (Phi) is 3.10. The van der Waals surface area contributed by atoms with Gasteiger partial charge in [0.25, 0.3) is 5.56 Å². The van der Waals surface area contributed by atoms with Crippen LogP contribution in [0.15, 0.2) is 15.3 Å². The van der Waals surface area contributed by atoms with Crippen molar-refractivity contribution in [2.24, 2.45) is 0 Å². The number of halogens is 5. The van der Waals surface area contributed by atoms with Crippen LogP contribution in [-0.4, -0.2) is 11.3 Å². The van der Waals surface area contributed by atoms with E-state index in [2.05, 4.69) is 25.7 Å². The molecule has 8 heteroatoms. The van der Waals surface area contributed by atoms with Crippen LogP contribution >= 0.6 is 27.5 Å². The number of aromatic amines is 1. The molecule has 1 aromatic heterocycles. The molecule has 0 unspecified atom stereocenters. The molecular weight excluding hydrogens is 290 g/mol. The molecule has 1 aromatic rings. The van der Waals surface area contributed by atoms with Crippen molar-refractivity contribution < 1.29 is 17.9 Å². The third-order valence-electron chi connectivity index (χ3n) is 1.13. The summed E-state index contributed by atoms with van der Waals surface area (Å²) < 4.78 is 38.7. The van der Waals surface area contributed by atoms with E-state index in [1.165, 1.54) is 0 Å². The molecule has 0 amide bonds. The average molecular weight is 292 g/mol. The van der Waals surface area contributed by atoms with Gasteiger partial charge in [0.2, 0.25) is 0 Å². The van der Waals surface area contributed by atoms with Gasteiger partial charge in [0.05, 0.1) is 4.47 Å². The number of ether oxygens (including phenoxy) is 1. The van der Waals surface area contributed by atoms with Crippen molar-refractivity contribution in [3.05, 3.63) is 26.0 Å². The van der Waals surface area contributed by atoms with E-state index in [1.807, 2.05) is 0 Å². The van der Waals surface area contributed by atoms with Gasteiger partial charge in [0.1, 0.15) is 5.15 Å². The summed E-state index contributed by atoms with van der Waals surface area (Å²) in [6, 6.07) is 0.642. The summed E-state index contributed by atoms with van der Waals surface area (Å²) in [6.45, 7) is 0. The van der Waals surface area contributed by atoms with Gasteiger partial charge in [-0.1, -0.05) is 11.6 Å². The second-order valence-electron chi connectivity index (χ2n) is 2.17. The fourth-order valence-electron chi connectivity index (χ4n) is 0.689. The molecule has 3 nitrogen and oxygen atoms in total. The lowest BCUT2D eigenvalue weighted by molar-refractivity contribution is -0.274. The van der Waals surface area contributed by atoms with Crippen LogP contribution in [0.3, 0.4) is 0 Å². The minimum Gasteiger partial charge on any atom is -0.404 e. The first-order valence-electron chi connectivity index (χ1n) is 3.13. The van der Waals surface area contributed by atoms with Crippen molar-refractivity contribution in [3.63, 3.8) is 0 Å². The number of nitrogens with one attached hydrogen (secondary N) is 1. The van der Waals surface area contributed by atoms with Crippen molar-refractivity contribution in [2.45, 2.75) is 6.36 Å². The molecule has 0 aliphatic rings. The number of rotatable bonds is 1. The fourth-order valence-corrected chi connectivity index (χ4v) is 1.17. The van der Waals surface area contributed by atoms with Crippen LogP contribution < -0.4 is 10.3 Å². The van der Waals surface area contributed by atoms with Crippen LogP contribution in [0.2, 0.25) is 5.15 Å². The summed E-state index contributed by atoms with van der Waals surface area (Å²) in [5.74, 6) is -0.675. The van der Waals surface area contributed by atoms with E-state index in [9.17, 15) is 18.0 Å². The molecule has 0 radical (unpaired) electrons. The summed E-state index contributed by atoms with van der Waals surface area (Å²) in [5.41, 5.74) is -0.780. The van der Waals surface area contributed by atoms with E-state index < -0.39 is 17.7 Å². The van der Waals surface area contributed by atoms with E-state index in [0.717, 1.165) is 0 Å². The first-order chi connectivity index (χ1) is 6.29. The number of pyridine rings is 1. The molecule has 0 atom stereocenters. The predicted molar refractivity (Wildman–Crippen MR) is 46.5 cm³/mol. The highest BCUT2D eigenvalue weighted by atomic mass is 79.9. The van der Waals surface area contributed by atoms with E-state index in [-0.39, 0.29) is 9.63 Å². The van der Waals surface area contributed by atoms with Gasteiger partial charge in [-0.3, -0.25) is 4.79 Å². The second kappa shape index (κ2) is 3.82. The summed E-state index contributed by atoms with van der Waals surface area (Å²) >= 11 is 8.14. The highest BCUT2D eigenvalue weighted by Gasteiger charge is 2.32. The zero-order valence-corrected chi connectivity index (χ0v) is 8.63. The second-order valence-corrected chi connectivity index (χ2v) is 3.34. The van der Waals surface area contributed by atoms with Crippen LogP contribution in [0.1, 0.15) is 0 Å². The van der Waals surface area contributed by atoms with Gasteiger partial charge in [0, 0.05) is 6.07 Å². The first kappa shape index (κ1) is 11.4. The van der Waals surface area contributed by atoms with Crippen molar-refractivity contribution in [1.29, 1.82) is 0 Å². The largest absolute Gasteiger partial charge is 0.573 e. The normalized spacial score (nSPS) is 11.5. The number of aromatic nitrogens is 1. The van der Waals surface area contributed by atoms with E-state index >= 15 is 0 Å². The molecule has 0 bridgehead atoms. The Morgan fingerprint density at radius 2 is 2.07 bits per heavy atom. The van der Waals surface area contributed by atoms with Crippen LogP contribution in [0.25, 0.3) is 0 Å². The van der Waals surface area contributed by atoms with Gasteiger partial charge in [-0.15, -0.1) is 13.2 Å². The summed E-state index contributed by atoms with van der Waals surface area (Å²) in [7, 11) is 0. The van der Waals surface area contributed by atoms with Gasteiger partial charge in [-0.2, -0.15) is 0 Å². The number of alkyl halides is 3. The smallest absolute Gasteiger partial charge is 0.404 e. The van der Waals surface area contributed by atoms with Gasteiger partial charge < -0.3 is 9.72 Å². The zero-order chi connectivity index (χ0) is 10.9. The summed E-state index contributed by atoms with van der Waals surface area (Å²) in [6.07, 6.45) is -4.86. The van der Waals surface area contributed by atoms with Crippen LogP contribution in [0.4, 0.5) is 13.2 Å². The molecule has 0 aliphatic carbocycles. The van der Waals surface area contributed by atoms with Gasteiger partial charge in [-0.25, -0.2) is 0 Å². The van der Waals surface area contributed by atoms with Gasteiger partial charge >= 0.3 is 6.36 Å². The van der Waals surface area contributed by atoms with Crippen molar-refractivity contribution in [1.82, 2.24) is 4.98 Å². The Morgan fingerprint density at radius 3 is 2.57 bits per heavy atom. The molecule has 0 saturated carbocycles. The maximum atomic E-state index is 11.8. The highest BCUT2D eigenvalue weighted by molar-refractivity contribution is 9.10.